The molecule has 1 fully saturated rings. The van der Waals surface area contributed by atoms with E-state index in [4.69, 9.17) is 16.3 Å². The molecule has 0 bridgehead atoms. The molecule has 0 atom stereocenters. The summed E-state index contributed by atoms with van der Waals surface area (Å²) in [6.07, 6.45) is 3.10. The summed E-state index contributed by atoms with van der Waals surface area (Å²) in [7, 11) is 0. The Morgan fingerprint density at radius 1 is 1.25 bits per heavy atom. The van der Waals surface area contributed by atoms with Gasteiger partial charge in [-0.05, 0) is 30.5 Å². The van der Waals surface area contributed by atoms with Gasteiger partial charge in [0.15, 0.2) is 5.13 Å². The predicted octanol–water partition coefficient (Wildman–Crippen LogP) is 2.94. The molecule has 1 aliphatic carbocycles. The normalized spacial score (nSPS) is 13.7. The van der Waals surface area contributed by atoms with Gasteiger partial charge in [0.25, 0.3) is 0 Å². The molecular formula is C15H12N4S. The van der Waals surface area contributed by atoms with Crippen LogP contribution in [0, 0.1) is 22.7 Å². The van der Waals surface area contributed by atoms with Gasteiger partial charge in [-0.25, -0.2) is 4.98 Å². The molecular weight excluding hydrogens is 268 g/mol. The van der Waals surface area contributed by atoms with Crippen molar-refractivity contribution in [2.75, 3.05) is 5.73 Å². The largest absolute Gasteiger partial charge is 0.375 e. The van der Waals surface area contributed by atoms with E-state index in [0.29, 0.717) is 22.2 Å². The third-order valence-corrected chi connectivity index (χ3v) is 4.30. The Hall–Kier alpha value is -2.37. The van der Waals surface area contributed by atoms with Crippen LogP contribution in [0.4, 0.5) is 5.13 Å². The van der Waals surface area contributed by atoms with Crippen molar-refractivity contribution in [3.63, 3.8) is 0 Å². The molecule has 5 heteroatoms. The third-order valence-electron chi connectivity index (χ3n) is 3.40. The van der Waals surface area contributed by atoms with Crippen LogP contribution in [0.25, 0.3) is 0 Å². The molecule has 0 radical (unpaired) electrons. The summed E-state index contributed by atoms with van der Waals surface area (Å²) in [5, 5.41) is 18.6. The van der Waals surface area contributed by atoms with Gasteiger partial charge in [0.05, 0.1) is 16.8 Å². The number of hydrogen-bond donors (Lipinski definition) is 1. The molecule has 1 aromatic heterocycles. The number of benzene rings is 1. The highest BCUT2D eigenvalue weighted by Crippen LogP contribution is 2.43. The van der Waals surface area contributed by atoms with Crippen LogP contribution in [0.5, 0.6) is 0 Å². The maximum Gasteiger partial charge on any atom is 0.180 e. The van der Waals surface area contributed by atoms with Crippen molar-refractivity contribution >= 4 is 16.5 Å². The molecule has 20 heavy (non-hydrogen) atoms. The summed E-state index contributed by atoms with van der Waals surface area (Å²) in [6, 6.07) is 9.48. The fourth-order valence-corrected chi connectivity index (χ4v) is 3.21. The van der Waals surface area contributed by atoms with Crippen molar-refractivity contribution in [3.05, 3.63) is 45.5 Å². The molecule has 0 amide bonds. The Kier molecular flexibility index (Phi) is 3.14. The first-order chi connectivity index (χ1) is 9.71. The molecule has 0 saturated heterocycles. The molecule has 1 saturated carbocycles. The second-order valence-corrected chi connectivity index (χ2v) is 6.03. The second kappa shape index (κ2) is 4.96. The van der Waals surface area contributed by atoms with Gasteiger partial charge in [-0.2, -0.15) is 10.5 Å². The first-order valence-electron chi connectivity index (χ1n) is 6.39. The minimum absolute atomic E-state index is 0.419. The smallest absolute Gasteiger partial charge is 0.180 e. The van der Waals surface area contributed by atoms with E-state index in [1.54, 1.807) is 12.1 Å². The van der Waals surface area contributed by atoms with E-state index in [9.17, 15) is 0 Å². The quantitative estimate of drug-likeness (QED) is 0.936. The van der Waals surface area contributed by atoms with E-state index in [2.05, 4.69) is 11.1 Å². The Balaban J connectivity index is 1.92. The summed E-state index contributed by atoms with van der Waals surface area (Å²) >= 11 is 1.52. The van der Waals surface area contributed by atoms with Crippen molar-refractivity contribution in [3.8, 4) is 12.1 Å². The van der Waals surface area contributed by atoms with Crippen molar-refractivity contribution < 1.29 is 0 Å². The molecule has 1 aromatic carbocycles. The third kappa shape index (κ3) is 2.36. The SMILES string of the molecule is N#Cc1ccc(Cc2sc(N)nc2C2CC2)cc1C#N. The molecule has 2 aromatic rings. The summed E-state index contributed by atoms with van der Waals surface area (Å²) in [6.45, 7) is 0. The van der Waals surface area contributed by atoms with Gasteiger partial charge < -0.3 is 5.73 Å². The Morgan fingerprint density at radius 3 is 2.65 bits per heavy atom. The Bertz CT molecular complexity index is 744. The van der Waals surface area contributed by atoms with Crippen molar-refractivity contribution in [2.45, 2.75) is 25.2 Å². The highest BCUT2D eigenvalue weighted by atomic mass is 32.1. The lowest BCUT2D eigenvalue weighted by Gasteiger charge is -2.03. The minimum atomic E-state index is 0.419. The van der Waals surface area contributed by atoms with E-state index >= 15 is 0 Å². The number of anilines is 1. The molecule has 1 heterocycles. The van der Waals surface area contributed by atoms with Gasteiger partial charge in [-0.3, -0.25) is 0 Å². The summed E-state index contributed by atoms with van der Waals surface area (Å²) < 4.78 is 0. The average molecular weight is 280 g/mol. The molecule has 2 N–H and O–H groups in total. The monoisotopic (exact) mass is 280 g/mol. The molecule has 0 spiro atoms. The van der Waals surface area contributed by atoms with Crippen molar-refractivity contribution in [1.82, 2.24) is 4.98 Å². The van der Waals surface area contributed by atoms with Gasteiger partial charge in [-0.1, -0.05) is 6.07 Å². The molecule has 0 unspecified atom stereocenters. The predicted molar refractivity (Wildman–Crippen MR) is 77.2 cm³/mol. The van der Waals surface area contributed by atoms with Crippen LogP contribution in [0.15, 0.2) is 18.2 Å². The Labute approximate surface area is 121 Å². The number of thiazole rings is 1. The minimum Gasteiger partial charge on any atom is -0.375 e. The first kappa shape index (κ1) is 12.7. The number of nitriles is 2. The molecule has 98 valence electrons. The number of nitrogens with zero attached hydrogens (tertiary/aromatic N) is 3. The average Bonchev–Trinajstić information content (AvgIpc) is 3.23. The van der Waals surface area contributed by atoms with Crippen LogP contribution in [0.1, 0.15) is 46.0 Å². The maximum atomic E-state index is 9.07. The lowest BCUT2D eigenvalue weighted by molar-refractivity contribution is 1.01. The van der Waals surface area contributed by atoms with Crippen LogP contribution in [0.2, 0.25) is 0 Å². The zero-order valence-corrected chi connectivity index (χ0v) is 11.6. The molecule has 0 aliphatic heterocycles. The highest BCUT2D eigenvalue weighted by molar-refractivity contribution is 7.15. The van der Waals surface area contributed by atoms with E-state index in [1.165, 1.54) is 29.1 Å². The zero-order valence-electron chi connectivity index (χ0n) is 10.8. The first-order valence-corrected chi connectivity index (χ1v) is 7.21. The zero-order chi connectivity index (χ0) is 14.1. The van der Waals surface area contributed by atoms with E-state index in [1.807, 2.05) is 12.1 Å². The van der Waals surface area contributed by atoms with E-state index in [0.717, 1.165) is 17.7 Å². The topological polar surface area (TPSA) is 86.5 Å². The van der Waals surface area contributed by atoms with Gasteiger partial charge in [0.2, 0.25) is 0 Å². The fraction of sp³-hybridized carbons (Fsp3) is 0.267. The van der Waals surface area contributed by atoms with Gasteiger partial charge in [0.1, 0.15) is 12.1 Å². The molecule has 4 nitrogen and oxygen atoms in total. The lowest BCUT2D eigenvalue weighted by atomic mass is 10.0. The lowest BCUT2D eigenvalue weighted by Crippen LogP contribution is -1.93. The van der Waals surface area contributed by atoms with Crippen LogP contribution < -0.4 is 5.73 Å². The van der Waals surface area contributed by atoms with Crippen molar-refractivity contribution in [2.24, 2.45) is 0 Å². The summed E-state index contributed by atoms with van der Waals surface area (Å²) in [4.78, 5) is 5.60. The summed E-state index contributed by atoms with van der Waals surface area (Å²) in [5.74, 6) is 0.562. The highest BCUT2D eigenvalue weighted by Gasteiger charge is 2.29. The second-order valence-electron chi connectivity index (χ2n) is 4.92. The maximum absolute atomic E-state index is 9.07. The van der Waals surface area contributed by atoms with E-state index in [-0.39, 0.29) is 0 Å². The number of rotatable bonds is 3. The van der Waals surface area contributed by atoms with Crippen LogP contribution in [0.3, 0.4) is 0 Å². The van der Waals surface area contributed by atoms with Crippen molar-refractivity contribution in [1.29, 1.82) is 10.5 Å². The fourth-order valence-electron chi connectivity index (χ4n) is 2.26. The van der Waals surface area contributed by atoms with Crippen LogP contribution in [-0.2, 0) is 6.42 Å². The number of nitrogen functional groups attached to an aromatic ring is 1. The Morgan fingerprint density at radius 2 is 2.00 bits per heavy atom. The van der Waals surface area contributed by atoms with Gasteiger partial charge >= 0.3 is 0 Å². The number of aromatic nitrogens is 1. The summed E-state index contributed by atoms with van der Waals surface area (Å²) in [5.41, 5.74) is 8.80. The van der Waals surface area contributed by atoms with Gasteiger partial charge in [-0.15, -0.1) is 11.3 Å². The van der Waals surface area contributed by atoms with Gasteiger partial charge in [0, 0.05) is 17.2 Å². The van der Waals surface area contributed by atoms with E-state index < -0.39 is 0 Å². The molecule has 1 aliphatic rings. The number of nitrogens with two attached hydrogens (primary N) is 1. The molecule has 3 rings (SSSR count). The van der Waals surface area contributed by atoms with Crippen LogP contribution >= 0.6 is 11.3 Å². The van der Waals surface area contributed by atoms with Crippen LogP contribution in [-0.4, -0.2) is 4.98 Å². The standard InChI is InChI=1S/C15H12N4S/c16-7-11-2-1-9(5-12(11)8-17)6-13-14(10-3-4-10)19-15(18)20-13/h1-2,5,10H,3-4,6H2,(H2,18,19). The number of hydrogen-bond acceptors (Lipinski definition) is 5.